The lowest BCUT2D eigenvalue weighted by atomic mass is 10.0. The van der Waals surface area contributed by atoms with Gasteiger partial charge in [-0.05, 0) is 18.9 Å². The highest BCUT2D eigenvalue weighted by molar-refractivity contribution is 7.15. The van der Waals surface area contributed by atoms with Gasteiger partial charge >= 0.3 is 5.97 Å². The molecule has 0 unspecified atom stereocenters. The number of esters is 1. The van der Waals surface area contributed by atoms with Crippen LogP contribution in [0.15, 0.2) is 35.7 Å². The number of ether oxygens (including phenoxy) is 1. The van der Waals surface area contributed by atoms with Crippen molar-refractivity contribution in [2.24, 2.45) is 0 Å². The number of hydrogen-bond acceptors (Lipinski definition) is 6. The van der Waals surface area contributed by atoms with Gasteiger partial charge in [-0.15, -0.1) is 11.3 Å². The minimum Gasteiger partial charge on any atom is -0.462 e. The summed E-state index contributed by atoms with van der Waals surface area (Å²) in [5.41, 5.74) is 1.90. The zero-order valence-corrected chi connectivity index (χ0v) is 16.9. The highest BCUT2D eigenvalue weighted by Crippen LogP contribution is 2.36. The standard InChI is InChI=1S/C21H22N2O5S/c1-2-28-21(27)19-15(14-7-4-3-5-8-14)13-29-20(19)22-16(24)9-6-12-23-17(25)10-11-18(23)26/h3-5,7-8,13H,2,6,9-12H2,1H3,(H,22,24). The van der Waals surface area contributed by atoms with Crippen LogP contribution in [0.25, 0.3) is 11.1 Å². The molecule has 3 amide bonds. The van der Waals surface area contributed by atoms with Crippen molar-refractivity contribution in [1.82, 2.24) is 4.90 Å². The molecular formula is C21H22N2O5S. The van der Waals surface area contributed by atoms with Crippen LogP contribution < -0.4 is 5.32 Å². The minimum absolute atomic E-state index is 0.137. The molecular weight excluding hydrogens is 392 g/mol. The van der Waals surface area contributed by atoms with Crippen LogP contribution in [0.2, 0.25) is 0 Å². The van der Waals surface area contributed by atoms with Crippen molar-refractivity contribution < 1.29 is 23.9 Å². The average molecular weight is 414 g/mol. The number of anilines is 1. The lowest BCUT2D eigenvalue weighted by Gasteiger charge is -2.13. The zero-order chi connectivity index (χ0) is 20.8. The van der Waals surface area contributed by atoms with E-state index in [0.29, 0.717) is 22.5 Å². The van der Waals surface area contributed by atoms with Gasteiger partial charge in [0.2, 0.25) is 17.7 Å². The third-order valence-corrected chi connectivity index (χ3v) is 5.44. The van der Waals surface area contributed by atoms with E-state index in [-0.39, 0.29) is 50.1 Å². The first-order valence-corrected chi connectivity index (χ1v) is 10.4. The van der Waals surface area contributed by atoms with Gasteiger partial charge in [0, 0.05) is 36.8 Å². The largest absolute Gasteiger partial charge is 0.462 e. The molecule has 0 atom stereocenters. The first kappa shape index (κ1) is 20.7. The van der Waals surface area contributed by atoms with Gasteiger partial charge in [0.25, 0.3) is 0 Å². The number of carbonyl (C=O) groups is 4. The van der Waals surface area contributed by atoms with Crippen LogP contribution in [0.1, 0.15) is 43.0 Å². The summed E-state index contributed by atoms with van der Waals surface area (Å²) in [4.78, 5) is 49.4. The number of imide groups is 1. The lowest BCUT2D eigenvalue weighted by molar-refractivity contribution is -0.138. The Balaban J connectivity index is 1.68. The molecule has 0 bridgehead atoms. The van der Waals surface area contributed by atoms with Crippen molar-refractivity contribution >= 4 is 40.0 Å². The third kappa shape index (κ3) is 4.89. The number of hydrogen-bond donors (Lipinski definition) is 1. The molecule has 1 saturated heterocycles. The Kier molecular flexibility index (Phi) is 6.77. The van der Waals surface area contributed by atoms with Gasteiger partial charge in [0.1, 0.15) is 10.6 Å². The maximum Gasteiger partial charge on any atom is 0.341 e. The fraction of sp³-hybridized carbons (Fsp3) is 0.333. The summed E-state index contributed by atoms with van der Waals surface area (Å²) in [6, 6.07) is 9.42. The first-order chi connectivity index (χ1) is 14.0. The van der Waals surface area contributed by atoms with E-state index in [4.69, 9.17) is 4.74 Å². The predicted octanol–water partition coefficient (Wildman–Crippen LogP) is 3.46. The van der Waals surface area contributed by atoms with E-state index >= 15 is 0 Å². The van der Waals surface area contributed by atoms with E-state index in [0.717, 1.165) is 5.56 Å². The van der Waals surface area contributed by atoms with E-state index in [1.54, 1.807) is 6.92 Å². The Morgan fingerprint density at radius 3 is 2.48 bits per heavy atom. The molecule has 3 rings (SSSR count). The van der Waals surface area contributed by atoms with E-state index in [1.807, 2.05) is 35.7 Å². The zero-order valence-electron chi connectivity index (χ0n) is 16.1. The van der Waals surface area contributed by atoms with Gasteiger partial charge < -0.3 is 10.1 Å². The summed E-state index contributed by atoms with van der Waals surface area (Å²) >= 11 is 1.26. The van der Waals surface area contributed by atoms with Crippen molar-refractivity contribution in [2.75, 3.05) is 18.5 Å². The molecule has 0 saturated carbocycles. The number of thiophene rings is 1. The van der Waals surface area contributed by atoms with Crippen LogP contribution in [0.5, 0.6) is 0 Å². The molecule has 2 aromatic rings. The van der Waals surface area contributed by atoms with Crippen LogP contribution in [0, 0.1) is 0 Å². The molecule has 1 fully saturated rings. The second-order valence-electron chi connectivity index (χ2n) is 6.53. The van der Waals surface area contributed by atoms with Gasteiger partial charge in [0.15, 0.2) is 0 Å². The maximum atomic E-state index is 12.5. The normalized spacial score (nSPS) is 13.6. The smallest absolute Gasteiger partial charge is 0.341 e. The topological polar surface area (TPSA) is 92.8 Å². The fourth-order valence-corrected chi connectivity index (χ4v) is 4.12. The van der Waals surface area contributed by atoms with Crippen molar-refractivity contribution in [1.29, 1.82) is 0 Å². The number of nitrogens with one attached hydrogen (secondary N) is 1. The van der Waals surface area contributed by atoms with Crippen LogP contribution in [-0.2, 0) is 19.1 Å². The number of nitrogens with zero attached hydrogens (tertiary/aromatic N) is 1. The summed E-state index contributed by atoms with van der Waals surface area (Å²) < 4.78 is 5.18. The van der Waals surface area contributed by atoms with E-state index < -0.39 is 5.97 Å². The molecule has 0 aliphatic carbocycles. The van der Waals surface area contributed by atoms with Crippen molar-refractivity contribution in [3.8, 4) is 11.1 Å². The molecule has 1 aliphatic heterocycles. The summed E-state index contributed by atoms with van der Waals surface area (Å²) in [6.07, 6.45) is 0.990. The highest BCUT2D eigenvalue weighted by atomic mass is 32.1. The second-order valence-corrected chi connectivity index (χ2v) is 7.41. The number of benzene rings is 1. The highest BCUT2D eigenvalue weighted by Gasteiger charge is 2.28. The molecule has 8 heteroatoms. The molecule has 1 aromatic carbocycles. The van der Waals surface area contributed by atoms with Crippen LogP contribution in [-0.4, -0.2) is 41.7 Å². The summed E-state index contributed by atoms with van der Waals surface area (Å²) in [5, 5.41) is 5.03. The lowest BCUT2D eigenvalue weighted by Crippen LogP contribution is -2.30. The van der Waals surface area contributed by atoms with Gasteiger partial charge in [0.05, 0.1) is 6.61 Å². The molecule has 0 spiro atoms. The Hall–Kier alpha value is -3.00. The third-order valence-electron chi connectivity index (χ3n) is 4.55. The van der Waals surface area contributed by atoms with Crippen molar-refractivity contribution in [3.05, 3.63) is 41.3 Å². The first-order valence-electron chi connectivity index (χ1n) is 9.48. The SMILES string of the molecule is CCOC(=O)c1c(-c2ccccc2)csc1NC(=O)CCCN1C(=O)CCC1=O. The summed E-state index contributed by atoms with van der Waals surface area (Å²) in [5.74, 6) is -1.15. The molecule has 2 heterocycles. The Morgan fingerprint density at radius 2 is 1.83 bits per heavy atom. The molecule has 1 aliphatic rings. The number of likely N-dealkylation sites (tertiary alicyclic amines) is 1. The molecule has 1 aromatic heterocycles. The van der Waals surface area contributed by atoms with E-state index in [1.165, 1.54) is 16.2 Å². The molecule has 0 radical (unpaired) electrons. The minimum atomic E-state index is -0.490. The number of rotatable bonds is 8. The molecule has 7 nitrogen and oxygen atoms in total. The second kappa shape index (κ2) is 9.47. The van der Waals surface area contributed by atoms with E-state index in [9.17, 15) is 19.2 Å². The Labute approximate surface area is 172 Å². The van der Waals surface area contributed by atoms with Crippen molar-refractivity contribution in [2.45, 2.75) is 32.6 Å². The van der Waals surface area contributed by atoms with Crippen LogP contribution in [0.4, 0.5) is 5.00 Å². The Bertz CT molecular complexity index is 906. The molecule has 1 N–H and O–H groups in total. The fourth-order valence-electron chi connectivity index (χ4n) is 3.15. The van der Waals surface area contributed by atoms with Gasteiger partial charge in [-0.25, -0.2) is 4.79 Å². The van der Waals surface area contributed by atoms with Crippen LogP contribution >= 0.6 is 11.3 Å². The summed E-state index contributed by atoms with van der Waals surface area (Å²) in [7, 11) is 0. The number of carbonyl (C=O) groups excluding carboxylic acids is 4. The summed E-state index contributed by atoms with van der Waals surface area (Å²) in [6.45, 7) is 2.19. The maximum absolute atomic E-state index is 12.5. The van der Waals surface area contributed by atoms with Gasteiger partial charge in [-0.1, -0.05) is 30.3 Å². The van der Waals surface area contributed by atoms with E-state index in [2.05, 4.69) is 5.32 Å². The Morgan fingerprint density at radius 1 is 1.14 bits per heavy atom. The number of amides is 3. The van der Waals surface area contributed by atoms with Crippen LogP contribution in [0.3, 0.4) is 0 Å². The monoisotopic (exact) mass is 414 g/mol. The van der Waals surface area contributed by atoms with Gasteiger partial charge in [-0.3, -0.25) is 19.3 Å². The average Bonchev–Trinajstić information content (AvgIpc) is 3.27. The van der Waals surface area contributed by atoms with Crippen molar-refractivity contribution in [3.63, 3.8) is 0 Å². The predicted molar refractivity (Wildman–Crippen MR) is 110 cm³/mol. The molecule has 152 valence electrons. The molecule has 29 heavy (non-hydrogen) atoms. The van der Waals surface area contributed by atoms with Gasteiger partial charge in [-0.2, -0.15) is 0 Å². The quantitative estimate of drug-likeness (QED) is 0.527.